The van der Waals surface area contributed by atoms with Crippen LogP contribution in [0.1, 0.15) is 41.0 Å². The van der Waals surface area contributed by atoms with Crippen molar-refractivity contribution in [2.45, 2.75) is 45.6 Å². The summed E-state index contributed by atoms with van der Waals surface area (Å²) >= 11 is 3.63. The molecule has 110 valence electrons. The Morgan fingerprint density at radius 2 is 1.52 bits per heavy atom. The highest BCUT2D eigenvalue weighted by molar-refractivity contribution is 9.10. The lowest BCUT2D eigenvalue weighted by molar-refractivity contribution is 0.374. The highest BCUT2D eigenvalue weighted by Gasteiger charge is 2.30. The summed E-state index contributed by atoms with van der Waals surface area (Å²) in [6.45, 7) is 6.45. The molecule has 1 fully saturated rings. The number of halogens is 1. The number of anilines is 1. The van der Waals surface area contributed by atoms with Crippen molar-refractivity contribution >= 4 is 21.6 Å². The third-order valence-electron chi connectivity index (χ3n) is 4.49. The van der Waals surface area contributed by atoms with Gasteiger partial charge in [-0.2, -0.15) is 0 Å². The molecule has 2 heteroatoms. The predicted molar refractivity (Wildman–Crippen MR) is 94.2 cm³/mol. The van der Waals surface area contributed by atoms with Crippen molar-refractivity contribution in [1.82, 2.24) is 0 Å². The molecule has 0 aliphatic heterocycles. The molecule has 1 nitrogen and oxygen atoms in total. The Kier molecular flexibility index (Phi) is 4.08. The number of rotatable bonds is 3. The lowest BCUT2D eigenvalue weighted by Gasteiger charge is -2.37. The number of nitrogens with one attached hydrogen (secondary N) is 1. The number of hydrogen-bond donors (Lipinski definition) is 1. The van der Waals surface area contributed by atoms with Crippen molar-refractivity contribution in [1.29, 1.82) is 0 Å². The third kappa shape index (κ3) is 3.16. The fourth-order valence-corrected chi connectivity index (χ4v) is 3.34. The van der Waals surface area contributed by atoms with E-state index >= 15 is 0 Å². The minimum Gasteiger partial charge on any atom is -0.382 e. The molecule has 0 bridgehead atoms. The van der Waals surface area contributed by atoms with E-state index in [9.17, 15) is 0 Å². The van der Waals surface area contributed by atoms with Gasteiger partial charge in [-0.3, -0.25) is 0 Å². The van der Waals surface area contributed by atoms with Crippen molar-refractivity contribution < 1.29 is 0 Å². The fourth-order valence-electron chi connectivity index (χ4n) is 3.11. The Morgan fingerprint density at radius 1 is 0.952 bits per heavy atom. The lowest BCUT2D eigenvalue weighted by atomic mass is 9.75. The average molecular weight is 344 g/mol. The van der Waals surface area contributed by atoms with Crippen molar-refractivity contribution in [3.8, 4) is 0 Å². The van der Waals surface area contributed by atoms with Crippen LogP contribution in [0.4, 0.5) is 5.69 Å². The molecule has 2 aromatic carbocycles. The minimum absolute atomic E-state index is 0.608. The van der Waals surface area contributed by atoms with Crippen LogP contribution in [0.5, 0.6) is 0 Å². The largest absolute Gasteiger partial charge is 0.382 e. The van der Waals surface area contributed by atoms with Gasteiger partial charge in [0.05, 0.1) is 0 Å². The first-order chi connectivity index (χ1) is 10.0. The SMILES string of the molecule is Cc1ccc(C2CC(Nc3cc(C)c(Br)c(C)c3)C2)cc1. The summed E-state index contributed by atoms with van der Waals surface area (Å²) in [6, 6.07) is 14.1. The van der Waals surface area contributed by atoms with Crippen molar-refractivity contribution in [2.24, 2.45) is 0 Å². The van der Waals surface area contributed by atoms with E-state index < -0.39 is 0 Å². The first kappa shape index (κ1) is 14.6. The minimum atomic E-state index is 0.608. The molecule has 3 rings (SSSR count). The van der Waals surface area contributed by atoms with Crippen LogP contribution in [0.2, 0.25) is 0 Å². The molecule has 1 aliphatic carbocycles. The summed E-state index contributed by atoms with van der Waals surface area (Å²) < 4.78 is 1.22. The maximum Gasteiger partial charge on any atom is 0.0348 e. The summed E-state index contributed by atoms with van der Waals surface area (Å²) in [5.41, 5.74) is 6.68. The first-order valence-corrected chi connectivity index (χ1v) is 8.42. The van der Waals surface area contributed by atoms with E-state index in [1.54, 1.807) is 0 Å². The zero-order valence-corrected chi connectivity index (χ0v) is 14.5. The van der Waals surface area contributed by atoms with Crippen molar-refractivity contribution in [3.05, 3.63) is 63.1 Å². The summed E-state index contributed by atoms with van der Waals surface area (Å²) in [6.07, 6.45) is 2.47. The number of aryl methyl sites for hydroxylation is 3. The maximum absolute atomic E-state index is 3.68. The van der Waals surface area contributed by atoms with Crippen LogP contribution < -0.4 is 5.32 Å². The molecular weight excluding hydrogens is 322 g/mol. The Hall–Kier alpha value is -1.28. The topological polar surface area (TPSA) is 12.0 Å². The molecule has 0 atom stereocenters. The monoisotopic (exact) mass is 343 g/mol. The normalized spacial score (nSPS) is 21.0. The van der Waals surface area contributed by atoms with Crippen LogP contribution in [0, 0.1) is 20.8 Å². The van der Waals surface area contributed by atoms with E-state index in [1.807, 2.05) is 0 Å². The molecule has 2 aromatic rings. The molecule has 0 spiro atoms. The van der Waals surface area contributed by atoms with Gasteiger partial charge < -0.3 is 5.32 Å². The van der Waals surface area contributed by atoms with E-state index in [2.05, 4.69) is 78.4 Å². The molecule has 0 amide bonds. The Morgan fingerprint density at radius 3 is 2.10 bits per heavy atom. The smallest absolute Gasteiger partial charge is 0.0348 e. The second kappa shape index (κ2) is 5.84. The van der Waals surface area contributed by atoms with Gasteiger partial charge in [-0.15, -0.1) is 0 Å². The second-order valence-electron chi connectivity index (χ2n) is 6.34. The predicted octanol–water partition coefficient (Wildman–Crippen LogP) is 5.73. The second-order valence-corrected chi connectivity index (χ2v) is 7.14. The van der Waals surface area contributed by atoms with Gasteiger partial charge in [-0.05, 0) is 68.4 Å². The van der Waals surface area contributed by atoms with Crippen molar-refractivity contribution in [3.63, 3.8) is 0 Å². The maximum atomic E-state index is 3.68. The quantitative estimate of drug-likeness (QED) is 0.749. The van der Waals surface area contributed by atoms with Crippen LogP contribution >= 0.6 is 15.9 Å². The van der Waals surface area contributed by atoms with Gasteiger partial charge in [0.25, 0.3) is 0 Å². The summed E-state index contributed by atoms with van der Waals surface area (Å²) in [5.74, 6) is 0.723. The highest BCUT2D eigenvalue weighted by Crippen LogP contribution is 2.39. The molecule has 1 N–H and O–H groups in total. The molecular formula is C19H22BrN. The van der Waals surface area contributed by atoms with Gasteiger partial charge in [0.15, 0.2) is 0 Å². The van der Waals surface area contributed by atoms with E-state index in [0.29, 0.717) is 6.04 Å². The molecule has 0 saturated heterocycles. The van der Waals surface area contributed by atoms with Crippen LogP contribution in [-0.4, -0.2) is 6.04 Å². The lowest BCUT2D eigenvalue weighted by Crippen LogP contribution is -2.34. The van der Waals surface area contributed by atoms with Gasteiger partial charge in [0.2, 0.25) is 0 Å². The number of hydrogen-bond acceptors (Lipinski definition) is 1. The standard InChI is InChI=1S/C19H22BrN/c1-12-4-6-15(7-5-12)16-10-18(11-16)21-17-8-13(2)19(20)14(3)9-17/h4-9,16,18,21H,10-11H2,1-3H3. The van der Waals surface area contributed by atoms with Crippen LogP contribution in [-0.2, 0) is 0 Å². The van der Waals surface area contributed by atoms with Gasteiger partial charge in [0, 0.05) is 16.2 Å². The molecule has 1 aliphatic rings. The van der Waals surface area contributed by atoms with Gasteiger partial charge in [-0.1, -0.05) is 45.8 Å². The molecule has 1 saturated carbocycles. The molecule has 0 radical (unpaired) electrons. The van der Waals surface area contributed by atoms with E-state index in [4.69, 9.17) is 0 Å². The zero-order chi connectivity index (χ0) is 15.0. The fraction of sp³-hybridized carbons (Fsp3) is 0.368. The average Bonchev–Trinajstić information content (AvgIpc) is 2.41. The van der Waals surface area contributed by atoms with E-state index in [1.165, 1.54) is 45.3 Å². The molecule has 0 heterocycles. The first-order valence-electron chi connectivity index (χ1n) is 7.63. The Bertz CT molecular complexity index is 616. The molecule has 0 aromatic heterocycles. The van der Waals surface area contributed by atoms with Gasteiger partial charge in [-0.25, -0.2) is 0 Å². The third-order valence-corrected chi connectivity index (χ3v) is 5.74. The van der Waals surface area contributed by atoms with Crippen LogP contribution in [0.25, 0.3) is 0 Å². The van der Waals surface area contributed by atoms with Crippen LogP contribution in [0.15, 0.2) is 40.9 Å². The van der Waals surface area contributed by atoms with E-state index in [0.717, 1.165) is 5.92 Å². The number of benzene rings is 2. The Labute approximate surface area is 135 Å². The Balaban J connectivity index is 1.61. The molecule has 0 unspecified atom stereocenters. The molecule has 21 heavy (non-hydrogen) atoms. The van der Waals surface area contributed by atoms with E-state index in [-0.39, 0.29) is 0 Å². The zero-order valence-electron chi connectivity index (χ0n) is 12.9. The summed E-state index contributed by atoms with van der Waals surface area (Å²) in [4.78, 5) is 0. The summed E-state index contributed by atoms with van der Waals surface area (Å²) in [7, 11) is 0. The van der Waals surface area contributed by atoms with Crippen molar-refractivity contribution in [2.75, 3.05) is 5.32 Å². The highest BCUT2D eigenvalue weighted by atomic mass is 79.9. The van der Waals surface area contributed by atoms with Crippen LogP contribution in [0.3, 0.4) is 0 Å². The van der Waals surface area contributed by atoms with Gasteiger partial charge >= 0.3 is 0 Å². The van der Waals surface area contributed by atoms with Gasteiger partial charge in [0.1, 0.15) is 0 Å². The summed E-state index contributed by atoms with van der Waals surface area (Å²) in [5, 5.41) is 3.68.